The molecule has 0 unspecified atom stereocenters. The van der Waals surface area contributed by atoms with Crippen molar-refractivity contribution in [2.75, 3.05) is 0 Å². The minimum absolute atomic E-state index is 0.348. The van der Waals surface area contributed by atoms with E-state index in [4.69, 9.17) is 10.5 Å². The van der Waals surface area contributed by atoms with Gasteiger partial charge in [-0.15, -0.1) is 11.3 Å². The number of fused-ring (bicyclic) bond motifs is 1. The molecule has 0 radical (unpaired) electrons. The van der Waals surface area contributed by atoms with Crippen molar-refractivity contribution in [2.45, 2.75) is 31.6 Å². The van der Waals surface area contributed by atoms with E-state index in [1.54, 1.807) is 11.3 Å². The van der Waals surface area contributed by atoms with Gasteiger partial charge in [0.2, 0.25) is 0 Å². The van der Waals surface area contributed by atoms with Crippen molar-refractivity contribution in [3.05, 3.63) is 29.3 Å². The molecule has 1 fully saturated rings. The van der Waals surface area contributed by atoms with Crippen LogP contribution in [0.2, 0.25) is 0 Å². The SMILES string of the molecule is NC1CC(OCc2nc3ccccc3s2)C1. The van der Waals surface area contributed by atoms with Crippen molar-refractivity contribution in [3.8, 4) is 0 Å². The molecule has 1 aromatic carbocycles. The van der Waals surface area contributed by atoms with Crippen molar-refractivity contribution >= 4 is 21.6 Å². The van der Waals surface area contributed by atoms with E-state index in [-0.39, 0.29) is 0 Å². The monoisotopic (exact) mass is 234 g/mol. The number of rotatable bonds is 3. The molecule has 0 spiro atoms. The van der Waals surface area contributed by atoms with Crippen molar-refractivity contribution in [2.24, 2.45) is 5.73 Å². The van der Waals surface area contributed by atoms with Gasteiger partial charge in [-0.05, 0) is 25.0 Å². The van der Waals surface area contributed by atoms with Gasteiger partial charge >= 0.3 is 0 Å². The maximum absolute atomic E-state index is 5.73. The zero-order chi connectivity index (χ0) is 11.0. The molecule has 0 aliphatic heterocycles. The molecule has 0 atom stereocenters. The summed E-state index contributed by atoms with van der Waals surface area (Å²) < 4.78 is 6.96. The standard InChI is InChI=1S/C12H14N2OS/c13-8-5-9(6-8)15-7-12-14-10-3-1-2-4-11(10)16-12/h1-4,8-9H,5-7,13H2. The minimum atomic E-state index is 0.348. The summed E-state index contributed by atoms with van der Waals surface area (Å²) in [6.07, 6.45) is 2.33. The fourth-order valence-corrected chi connectivity index (χ4v) is 2.80. The van der Waals surface area contributed by atoms with Crippen LogP contribution in [0.3, 0.4) is 0 Å². The molecule has 2 N–H and O–H groups in total. The summed E-state index contributed by atoms with van der Waals surface area (Å²) in [5.41, 5.74) is 6.77. The van der Waals surface area contributed by atoms with Crippen LogP contribution in [0, 0.1) is 0 Å². The van der Waals surface area contributed by atoms with Crippen molar-refractivity contribution in [3.63, 3.8) is 0 Å². The molecule has 84 valence electrons. The summed E-state index contributed by atoms with van der Waals surface area (Å²) in [7, 11) is 0. The summed E-state index contributed by atoms with van der Waals surface area (Å²) >= 11 is 1.71. The second-order valence-corrected chi connectivity index (χ2v) is 5.36. The van der Waals surface area contributed by atoms with E-state index in [1.807, 2.05) is 18.2 Å². The Kier molecular flexibility index (Phi) is 2.63. The van der Waals surface area contributed by atoms with E-state index in [0.717, 1.165) is 23.4 Å². The summed E-state index contributed by atoms with van der Waals surface area (Å²) in [6, 6.07) is 8.53. The van der Waals surface area contributed by atoms with Crippen molar-refractivity contribution < 1.29 is 4.74 Å². The molecule has 0 bridgehead atoms. The molecule has 1 heterocycles. The topological polar surface area (TPSA) is 48.1 Å². The zero-order valence-corrected chi connectivity index (χ0v) is 9.74. The predicted octanol–water partition coefficient (Wildman–Crippen LogP) is 2.30. The number of hydrogen-bond donors (Lipinski definition) is 1. The minimum Gasteiger partial charge on any atom is -0.371 e. The maximum atomic E-state index is 5.73. The fraction of sp³-hybridized carbons (Fsp3) is 0.417. The first-order chi connectivity index (χ1) is 7.81. The molecule has 16 heavy (non-hydrogen) atoms. The Labute approximate surface area is 98.2 Å². The van der Waals surface area contributed by atoms with Gasteiger partial charge in [0.1, 0.15) is 5.01 Å². The van der Waals surface area contributed by atoms with E-state index in [1.165, 1.54) is 4.70 Å². The third-order valence-electron chi connectivity index (χ3n) is 2.91. The third kappa shape index (κ3) is 1.96. The fourth-order valence-electron chi connectivity index (χ4n) is 1.91. The van der Waals surface area contributed by atoms with Crippen LogP contribution in [0.25, 0.3) is 10.2 Å². The molecule has 1 aliphatic carbocycles. The average Bonchev–Trinajstić information content (AvgIpc) is 2.65. The lowest BCUT2D eigenvalue weighted by atomic mass is 9.90. The van der Waals surface area contributed by atoms with Crippen molar-refractivity contribution in [1.82, 2.24) is 4.98 Å². The van der Waals surface area contributed by atoms with Gasteiger partial charge in [0.15, 0.2) is 0 Å². The summed E-state index contributed by atoms with van der Waals surface area (Å²) in [5.74, 6) is 0. The van der Waals surface area contributed by atoms with Gasteiger partial charge in [-0.2, -0.15) is 0 Å². The average molecular weight is 234 g/mol. The first-order valence-electron chi connectivity index (χ1n) is 5.53. The number of hydrogen-bond acceptors (Lipinski definition) is 4. The number of thiazole rings is 1. The molecule has 4 heteroatoms. The summed E-state index contributed by atoms with van der Waals surface area (Å²) in [6.45, 7) is 0.622. The van der Waals surface area contributed by atoms with Gasteiger partial charge in [-0.3, -0.25) is 0 Å². The van der Waals surface area contributed by atoms with Gasteiger partial charge in [0, 0.05) is 6.04 Å². The van der Waals surface area contributed by atoms with E-state index < -0.39 is 0 Å². The Morgan fingerprint density at radius 1 is 1.38 bits per heavy atom. The predicted molar refractivity (Wildman–Crippen MR) is 65.4 cm³/mol. The van der Waals surface area contributed by atoms with Crippen LogP contribution >= 0.6 is 11.3 Å². The number of nitrogens with zero attached hydrogens (tertiary/aromatic N) is 1. The van der Waals surface area contributed by atoms with Gasteiger partial charge in [0.05, 0.1) is 22.9 Å². The van der Waals surface area contributed by atoms with Gasteiger partial charge in [-0.1, -0.05) is 12.1 Å². The molecule has 3 nitrogen and oxygen atoms in total. The molecule has 1 aromatic heterocycles. The molecule has 3 rings (SSSR count). The Balaban J connectivity index is 1.65. The third-order valence-corrected chi connectivity index (χ3v) is 3.92. The number of aromatic nitrogens is 1. The second kappa shape index (κ2) is 4.13. The number of para-hydroxylation sites is 1. The largest absolute Gasteiger partial charge is 0.371 e. The lowest BCUT2D eigenvalue weighted by Crippen LogP contribution is -2.41. The first kappa shape index (κ1) is 10.2. The van der Waals surface area contributed by atoms with Gasteiger partial charge in [0.25, 0.3) is 0 Å². The molecule has 1 aliphatic rings. The van der Waals surface area contributed by atoms with E-state index >= 15 is 0 Å². The zero-order valence-electron chi connectivity index (χ0n) is 8.93. The van der Waals surface area contributed by atoms with Crippen LogP contribution in [0.1, 0.15) is 17.8 Å². The molecule has 2 aromatic rings. The lowest BCUT2D eigenvalue weighted by molar-refractivity contribution is -0.0188. The Morgan fingerprint density at radius 3 is 2.94 bits per heavy atom. The quantitative estimate of drug-likeness (QED) is 0.886. The summed E-state index contributed by atoms with van der Waals surface area (Å²) in [5, 5.41) is 1.06. The molecule has 1 saturated carbocycles. The van der Waals surface area contributed by atoms with Gasteiger partial charge in [-0.25, -0.2) is 4.98 Å². The number of ether oxygens (including phenoxy) is 1. The second-order valence-electron chi connectivity index (χ2n) is 4.24. The Morgan fingerprint density at radius 2 is 2.19 bits per heavy atom. The summed E-state index contributed by atoms with van der Waals surface area (Å²) in [4.78, 5) is 4.52. The molecular weight excluding hydrogens is 220 g/mol. The highest BCUT2D eigenvalue weighted by Gasteiger charge is 2.26. The van der Waals surface area contributed by atoms with Crippen molar-refractivity contribution in [1.29, 1.82) is 0 Å². The Bertz CT molecular complexity index is 457. The van der Waals surface area contributed by atoms with Crippen LogP contribution in [0.5, 0.6) is 0 Å². The number of nitrogens with two attached hydrogens (primary N) is 1. The maximum Gasteiger partial charge on any atom is 0.120 e. The van der Waals surface area contributed by atoms with E-state index in [2.05, 4.69) is 11.1 Å². The highest BCUT2D eigenvalue weighted by molar-refractivity contribution is 7.18. The molecular formula is C12H14N2OS. The van der Waals surface area contributed by atoms with E-state index in [0.29, 0.717) is 18.8 Å². The van der Waals surface area contributed by atoms with Gasteiger partial charge < -0.3 is 10.5 Å². The molecule has 0 saturated heterocycles. The highest BCUT2D eigenvalue weighted by Crippen LogP contribution is 2.25. The van der Waals surface area contributed by atoms with Crippen LogP contribution in [0.15, 0.2) is 24.3 Å². The van der Waals surface area contributed by atoms with Crippen LogP contribution < -0.4 is 5.73 Å². The number of benzene rings is 1. The lowest BCUT2D eigenvalue weighted by Gasteiger charge is -2.31. The normalized spacial score (nSPS) is 24.6. The highest BCUT2D eigenvalue weighted by atomic mass is 32.1. The van der Waals surface area contributed by atoms with E-state index in [9.17, 15) is 0 Å². The smallest absolute Gasteiger partial charge is 0.120 e. The molecule has 0 amide bonds. The van der Waals surface area contributed by atoms with Crippen LogP contribution in [-0.4, -0.2) is 17.1 Å². The van der Waals surface area contributed by atoms with Crippen LogP contribution in [-0.2, 0) is 11.3 Å². The first-order valence-corrected chi connectivity index (χ1v) is 6.34. The Hall–Kier alpha value is -0.970. The van der Waals surface area contributed by atoms with Crippen LogP contribution in [0.4, 0.5) is 0 Å².